The molecule has 0 unspecified atom stereocenters. The third-order valence-corrected chi connectivity index (χ3v) is 4.67. The normalized spacial score (nSPS) is 16.2. The number of ether oxygens (including phenoxy) is 1. The second-order valence-electron chi connectivity index (χ2n) is 6.74. The van der Waals surface area contributed by atoms with Gasteiger partial charge in [0.15, 0.2) is 0 Å². The van der Waals surface area contributed by atoms with Crippen molar-refractivity contribution >= 4 is 23.2 Å². The van der Waals surface area contributed by atoms with Gasteiger partial charge in [-0.05, 0) is 54.1 Å². The van der Waals surface area contributed by atoms with Crippen molar-refractivity contribution in [3.8, 4) is 5.75 Å². The molecule has 1 aliphatic rings. The number of hydrogen-bond donors (Lipinski definition) is 1. The van der Waals surface area contributed by atoms with Gasteiger partial charge in [0.25, 0.3) is 5.91 Å². The molecule has 2 amide bonds. The predicted octanol–water partition coefficient (Wildman–Crippen LogP) is 4.15. The van der Waals surface area contributed by atoms with E-state index in [2.05, 4.69) is 5.32 Å². The van der Waals surface area contributed by atoms with Gasteiger partial charge in [-0.2, -0.15) is 0 Å². The molecule has 5 nitrogen and oxygen atoms in total. The molecule has 4 rings (SSSR count). The minimum Gasteiger partial charge on any atom is -0.489 e. The molecule has 146 valence electrons. The summed E-state index contributed by atoms with van der Waals surface area (Å²) >= 11 is 0. The lowest BCUT2D eigenvalue weighted by Gasteiger charge is -2.16. The van der Waals surface area contributed by atoms with E-state index in [1.165, 1.54) is 24.3 Å². The maximum Gasteiger partial charge on any atom is 0.256 e. The van der Waals surface area contributed by atoms with Gasteiger partial charge in [-0.25, -0.2) is 9.29 Å². The van der Waals surface area contributed by atoms with Gasteiger partial charge in [0.2, 0.25) is 5.91 Å². The van der Waals surface area contributed by atoms with Crippen LogP contribution in [-0.2, 0) is 16.2 Å². The molecule has 1 saturated heterocycles. The summed E-state index contributed by atoms with van der Waals surface area (Å²) in [6.45, 7) is 0.468. The Balaban J connectivity index is 1.38. The molecule has 1 heterocycles. The fourth-order valence-electron chi connectivity index (χ4n) is 3.20. The molecular weight excluding hydrogens is 371 g/mol. The molecule has 1 fully saturated rings. The summed E-state index contributed by atoms with van der Waals surface area (Å²) in [5, 5.41) is 3.09. The zero-order valence-electron chi connectivity index (χ0n) is 15.5. The topological polar surface area (TPSA) is 58.6 Å². The number of benzene rings is 3. The molecule has 1 atom stereocenters. The Labute approximate surface area is 167 Å². The van der Waals surface area contributed by atoms with Gasteiger partial charge in [0.1, 0.15) is 24.2 Å². The molecule has 0 bridgehead atoms. The number of imide groups is 1. The molecule has 3 aromatic rings. The fourth-order valence-corrected chi connectivity index (χ4v) is 3.20. The number of carbonyl (C=O) groups excluding carboxylic acids is 2. The van der Waals surface area contributed by atoms with Crippen molar-refractivity contribution in [2.24, 2.45) is 0 Å². The van der Waals surface area contributed by atoms with Crippen LogP contribution in [0.1, 0.15) is 12.0 Å². The van der Waals surface area contributed by atoms with E-state index in [1.807, 2.05) is 42.5 Å². The van der Waals surface area contributed by atoms with Gasteiger partial charge in [-0.3, -0.25) is 9.59 Å². The van der Waals surface area contributed by atoms with Gasteiger partial charge in [0.05, 0.1) is 12.1 Å². The highest BCUT2D eigenvalue weighted by Gasteiger charge is 2.39. The number of nitrogens with one attached hydrogen (secondary N) is 1. The highest BCUT2D eigenvalue weighted by atomic mass is 19.1. The molecule has 0 spiro atoms. The average molecular weight is 390 g/mol. The summed E-state index contributed by atoms with van der Waals surface area (Å²) < 4.78 is 18.9. The summed E-state index contributed by atoms with van der Waals surface area (Å²) in [5.74, 6) is -0.383. The van der Waals surface area contributed by atoms with Crippen LogP contribution >= 0.6 is 0 Å². The first-order valence-corrected chi connectivity index (χ1v) is 9.26. The summed E-state index contributed by atoms with van der Waals surface area (Å²) in [7, 11) is 0. The number of halogens is 1. The maximum atomic E-state index is 13.1. The van der Waals surface area contributed by atoms with Crippen molar-refractivity contribution in [1.82, 2.24) is 0 Å². The standard InChI is InChI=1S/C23H19FN2O3/c24-17-6-10-19(11-7-17)26-22(27)14-21(23(26)28)25-18-8-12-20(13-9-18)29-15-16-4-2-1-3-5-16/h1-13,21,25H,14-15H2/t21-/m0/s1. The lowest BCUT2D eigenvalue weighted by molar-refractivity contribution is -0.121. The molecule has 1 N–H and O–H groups in total. The molecule has 0 radical (unpaired) electrons. The van der Waals surface area contributed by atoms with Crippen molar-refractivity contribution in [2.45, 2.75) is 19.1 Å². The van der Waals surface area contributed by atoms with Gasteiger partial charge in [0, 0.05) is 5.69 Å². The highest BCUT2D eigenvalue weighted by molar-refractivity contribution is 6.23. The van der Waals surface area contributed by atoms with Crippen molar-refractivity contribution in [3.63, 3.8) is 0 Å². The first-order valence-electron chi connectivity index (χ1n) is 9.26. The zero-order valence-corrected chi connectivity index (χ0v) is 15.5. The Bertz CT molecular complexity index is 1000. The summed E-state index contributed by atoms with van der Waals surface area (Å²) in [6.07, 6.45) is 0.0441. The summed E-state index contributed by atoms with van der Waals surface area (Å²) in [6, 6.07) is 21.7. The van der Waals surface area contributed by atoms with Crippen LogP contribution in [0.3, 0.4) is 0 Å². The van der Waals surface area contributed by atoms with E-state index in [1.54, 1.807) is 12.1 Å². The molecule has 0 aromatic heterocycles. The van der Waals surface area contributed by atoms with Gasteiger partial charge < -0.3 is 10.1 Å². The number of hydrogen-bond acceptors (Lipinski definition) is 4. The van der Waals surface area contributed by atoms with Gasteiger partial charge in [-0.15, -0.1) is 0 Å². The number of anilines is 2. The third kappa shape index (κ3) is 4.27. The average Bonchev–Trinajstić information content (AvgIpc) is 3.02. The quantitative estimate of drug-likeness (QED) is 0.643. The Kier molecular flexibility index (Phi) is 5.24. The SMILES string of the molecule is O=C1C[C@H](Nc2ccc(OCc3ccccc3)cc2)C(=O)N1c1ccc(F)cc1. The third-order valence-electron chi connectivity index (χ3n) is 4.67. The number of nitrogens with zero attached hydrogens (tertiary/aromatic N) is 1. The van der Waals surface area contributed by atoms with E-state index in [-0.39, 0.29) is 18.2 Å². The summed E-state index contributed by atoms with van der Waals surface area (Å²) in [4.78, 5) is 26.0. The van der Waals surface area contributed by atoms with Crippen LogP contribution in [0.2, 0.25) is 0 Å². The van der Waals surface area contributed by atoms with Crippen LogP contribution in [0, 0.1) is 5.82 Å². The fraction of sp³-hybridized carbons (Fsp3) is 0.130. The minimum absolute atomic E-state index is 0.0441. The molecule has 3 aromatic carbocycles. The minimum atomic E-state index is -0.663. The second-order valence-corrected chi connectivity index (χ2v) is 6.74. The van der Waals surface area contributed by atoms with E-state index in [9.17, 15) is 14.0 Å². The Hall–Kier alpha value is -3.67. The van der Waals surface area contributed by atoms with Crippen LogP contribution in [0.15, 0.2) is 78.9 Å². The van der Waals surface area contributed by atoms with E-state index in [4.69, 9.17) is 4.74 Å². The zero-order chi connectivity index (χ0) is 20.2. The van der Waals surface area contributed by atoms with E-state index < -0.39 is 11.9 Å². The monoisotopic (exact) mass is 390 g/mol. The number of rotatable bonds is 6. The van der Waals surface area contributed by atoms with Crippen molar-refractivity contribution < 1.29 is 18.7 Å². The molecule has 6 heteroatoms. The van der Waals surface area contributed by atoms with Crippen LogP contribution in [0.4, 0.5) is 15.8 Å². The Morgan fingerprint density at radius 2 is 1.62 bits per heavy atom. The number of amides is 2. The Morgan fingerprint density at radius 3 is 2.31 bits per heavy atom. The second kappa shape index (κ2) is 8.14. The van der Waals surface area contributed by atoms with Gasteiger partial charge in [-0.1, -0.05) is 30.3 Å². The van der Waals surface area contributed by atoms with E-state index >= 15 is 0 Å². The van der Waals surface area contributed by atoms with E-state index in [0.29, 0.717) is 23.7 Å². The molecular formula is C23H19FN2O3. The van der Waals surface area contributed by atoms with Crippen molar-refractivity contribution in [3.05, 3.63) is 90.2 Å². The first kappa shape index (κ1) is 18.7. The van der Waals surface area contributed by atoms with Crippen molar-refractivity contribution in [2.75, 3.05) is 10.2 Å². The lowest BCUT2D eigenvalue weighted by atomic mass is 10.2. The van der Waals surface area contributed by atoms with Crippen LogP contribution in [0.25, 0.3) is 0 Å². The predicted molar refractivity (Wildman–Crippen MR) is 108 cm³/mol. The lowest BCUT2D eigenvalue weighted by Crippen LogP contribution is -2.34. The van der Waals surface area contributed by atoms with E-state index in [0.717, 1.165) is 10.5 Å². The van der Waals surface area contributed by atoms with Gasteiger partial charge >= 0.3 is 0 Å². The maximum absolute atomic E-state index is 13.1. The van der Waals surface area contributed by atoms with Crippen LogP contribution in [0.5, 0.6) is 5.75 Å². The first-order chi connectivity index (χ1) is 14.1. The summed E-state index contributed by atoms with van der Waals surface area (Å²) in [5.41, 5.74) is 2.16. The molecule has 0 saturated carbocycles. The number of carbonyl (C=O) groups is 2. The Morgan fingerprint density at radius 1 is 0.931 bits per heavy atom. The highest BCUT2D eigenvalue weighted by Crippen LogP contribution is 2.26. The smallest absolute Gasteiger partial charge is 0.256 e. The van der Waals surface area contributed by atoms with Crippen LogP contribution in [-0.4, -0.2) is 17.9 Å². The van der Waals surface area contributed by atoms with Crippen LogP contribution < -0.4 is 15.0 Å². The molecule has 29 heavy (non-hydrogen) atoms. The molecule has 0 aliphatic carbocycles. The van der Waals surface area contributed by atoms with Crippen molar-refractivity contribution in [1.29, 1.82) is 0 Å². The largest absolute Gasteiger partial charge is 0.489 e. The molecule has 1 aliphatic heterocycles.